The van der Waals surface area contributed by atoms with Crippen molar-refractivity contribution < 1.29 is 95.4 Å². The number of nitrogens with zero attached hydrogens (tertiary/aromatic N) is 1. The maximum absolute atomic E-state index is 15.3. The number of unbranched alkanes of at least 4 members (excludes halogenated alkanes) is 1. The number of ether oxygens (including phenoxy) is 14. The molecule has 21 nitrogen and oxygen atoms in total. The SMILES string of the molecule is C=CCCCO[C@@H]1O[C@H](COCc2ccccc2)[C@@H](O[C@@H]2O[C@H](COCc3ccccc3)[C@H](OCc3ccccc3)[C@H](O[C@@H]3O[C@H](COCc4ccccc4)[C@@H](O)[C@H](OC(=O)c4ccccc4)[C@H]3N3C(=O)c4ccccc4C3=O)[C@H]2OC(=O)C(C)(C)C)[C@H](OCc2ccccc2)[C@H]1OC(=O)C(C)(C)C. The van der Waals surface area contributed by atoms with Crippen LogP contribution in [0.4, 0.5) is 0 Å². The summed E-state index contributed by atoms with van der Waals surface area (Å²) in [7, 11) is 0. The number of aliphatic hydroxyl groups excluding tert-OH is 1. The number of benzene rings is 7. The first-order chi connectivity index (χ1) is 50.3. The number of allylic oxidation sites excluding steroid dienone is 1. The van der Waals surface area contributed by atoms with Gasteiger partial charge in [0.2, 0.25) is 0 Å². The average molecular weight is 1420 g/mol. The van der Waals surface area contributed by atoms with E-state index in [1.54, 1.807) is 78.0 Å². The molecule has 11 rings (SSSR count). The van der Waals surface area contributed by atoms with Gasteiger partial charge in [-0.05, 0) is 106 Å². The fourth-order valence-corrected chi connectivity index (χ4v) is 12.5. The van der Waals surface area contributed by atoms with E-state index < -0.39 is 133 Å². The summed E-state index contributed by atoms with van der Waals surface area (Å²) in [5.41, 5.74) is 1.66. The number of aliphatic hydroxyl groups is 1. The van der Waals surface area contributed by atoms with Crippen molar-refractivity contribution in [2.45, 2.75) is 179 Å². The van der Waals surface area contributed by atoms with Crippen LogP contribution in [-0.2, 0) is 109 Å². The molecule has 0 saturated carbocycles. The molecule has 21 heteroatoms. The summed E-state index contributed by atoms with van der Waals surface area (Å²) >= 11 is 0. The van der Waals surface area contributed by atoms with Gasteiger partial charge in [-0.25, -0.2) is 4.79 Å². The number of hydrogen-bond acceptors (Lipinski definition) is 20. The quantitative estimate of drug-likeness (QED) is 0.0136. The molecule has 7 aromatic rings. The van der Waals surface area contributed by atoms with Crippen LogP contribution in [0.15, 0.2) is 219 Å². The summed E-state index contributed by atoms with van der Waals surface area (Å²) in [6.45, 7) is 13.4. The average Bonchev–Trinajstić information content (AvgIpc) is 1.75. The van der Waals surface area contributed by atoms with Crippen LogP contribution in [0.25, 0.3) is 0 Å². The number of esters is 3. The molecule has 550 valence electrons. The highest BCUT2D eigenvalue weighted by molar-refractivity contribution is 6.21. The van der Waals surface area contributed by atoms with Crippen molar-refractivity contribution in [2.75, 3.05) is 26.4 Å². The highest BCUT2D eigenvalue weighted by atomic mass is 16.8. The standard InChI is InChI=1S/C83H93NO20/c1-8-9-30-45-94-78-72(103-80(89)82(2,3)4)70(96-50-58-39-24-14-25-40-58)68(64(98-78)53-93-48-56-35-20-12-21-36-56)101-79-73(104-81(90)83(5,6)7)71(67(95-49-57-37-22-13-23-38-57)63(99-79)52-92-47-55-33-18-11-19-34-55)102-77-65(84-74(86)60-43-28-29-44-61(60)75(84)87)69(100-76(88)59-41-26-15-27-42-59)66(85)62(97-77)51-91-46-54-31-16-10-17-32-54/h8,10-29,31-44,62-73,77-79,85H,1,9,30,45-53H2,2-7H3/t62-,63-,64-,65-,66-,67+,68-,69-,70+,71+,72-,73-,77+,78-,79+/m1/s1. The number of fused-ring (bicyclic) bond motifs is 1. The largest absolute Gasteiger partial charge is 0.454 e. The van der Waals surface area contributed by atoms with E-state index >= 15 is 14.4 Å². The van der Waals surface area contributed by atoms with Crippen LogP contribution in [0.5, 0.6) is 0 Å². The van der Waals surface area contributed by atoms with Crippen molar-refractivity contribution in [3.63, 3.8) is 0 Å². The predicted octanol–water partition coefficient (Wildman–Crippen LogP) is 11.9. The highest BCUT2D eigenvalue weighted by Gasteiger charge is 2.61. The minimum Gasteiger partial charge on any atom is -0.454 e. The second kappa shape index (κ2) is 36.4. The smallest absolute Gasteiger partial charge is 0.338 e. The Morgan fingerprint density at radius 1 is 0.433 bits per heavy atom. The first-order valence-electron chi connectivity index (χ1n) is 35.3. The van der Waals surface area contributed by atoms with E-state index in [4.69, 9.17) is 66.3 Å². The van der Waals surface area contributed by atoms with E-state index in [-0.39, 0.29) is 76.2 Å². The lowest BCUT2D eigenvalue weighted by Gasteiger charge is -2.52. The summed E-state index contributed by atoms with van der Waals surface area (Å²) in [4.78, 5) is 76.1. The van der Waals surface area contributed by atoms with Gasteiger partial charge in [0, 0.05) is 0 Å². The minimum atomic E-state index is -1.94. The summed E-state index contributed by atoms with van der Waals surface area (Å²) in [5, 5.41) is 12.9. The minimum absolute atomic E-state index is 0.0142. The summed E-state index contributed by atoms with van der Waals surface area (Å²) < 4.78 is 96.9. The molecule has 0 aliphatic carbocycles. The normalized spacial score (nSPS) is 25.6. The first-order valence-corrected chi connectivity index (χ1v) is 35.3. The van der Waals surface area contributed by atoms with Gasteiger partial charge in [-0.2, -0.15) is 0 Å². The van der Waals surface area contributed by atoms with Gasteiger partial charge in [-0.3, -0.25) is 24.1 Å². The Bertz CT molecular complexity index is 3840. The third kappa shape index (κ3) is 19.8. The van der Waals surface area contributed by atoms with E-state index in [1.165, 1.54) is 24.3 Å². The van der Waals surface area contributed by atoms with E-state index in [2.05, 4.69) is 6.58 Å². The van der Waals surface area contributed by atoms with Crippen LogP contribution in [0.3, 0.4) is 0 Å². The molecule has 1 N–H and O–H groups in total. The number of amides is 2. The Hall–Kier alpha value is -8.65. The van der Waals surface area contributed by atoms with E-state index in [1.807, 2.05) is 152 Å². The number of carbonyl (C=O) groups is 5. The van der Waals surface area contributed by atoms with E-state index in [0.29, 0.717) is 18.4 Å². The zero-order valence-electron chi connectivity index (χ0n) is 59.5. The Kier molecular flexibility index (Phi) is 26.7. The molecule has 3 fully saturated rings. The monoisotopic (exact) mass is 1420 g/mol. The van der Waals surface area contributed by atoms with Crippen LogP contribution in [0.1, 0.15) is 113 Å². The molecule has 2 amide bonds. The molecule has 4 aliphatic rings. The lowest BCUT2D eigenvalue weighted by molar-refractivity contribution is -0.384. The lowest BCUT2D eigenvalue weighted by atomic mass is 9.93. The Morgan fingerprint density at radius 3 is 1.28 bits per heavy atom. The van der Waals surface area contributed by atoms with Crippen molar-refractivity contribution >= 4 is 29.7 Å². The van der Waals surface area contributed by atoms with Crippen LogP contribution in [0.2, 0.25) is 0 Å². The summed E-state index contributed by atoms with van der Waals surface area (Å²) in [6, 6.07) is 59.3. The van der Waals surface area contributed by atoms with E-state index in [9.17, 15) is 14.7 Å². The van der Waals surface area contributed by atoms with Crippen molar-refractivity contribution in [1.82, 2.24) is 4.90 Å². The summed E-state index contributed by atoms with van der Waals surface area (Å²) in [6.07, 6.45) is -18.7. The molecule has 0 spiro atoms. The van der Waals surface area contributed by atoms with Gasteiger partial charge in [0.1, 0.15) is 54.9 Å². The fourth-order valence-electron chi connectivity index (χ4n) is 12.5. The Balaban J connectivity index is 1.09. The molecule has 0 radical (unpaired) electrons. The zero-order chi connectivity index (χ0) is 73.2. The third-order valence-electron chi connectivity index (χ3n) is 18.1. The Labute approximate surface area is 607 Å². The predicted molar refractivity (Wildman–Crippen MR) is 380 cm³/mol. The van der Waals surface area contributed by atoms with E-state index in [0.717, 1.165) is 27.2 Å². The second-order valence-electron chi connectivity index (χ2n) is 28.1. The number of imide groups is 1. The van der Waals surface area contributed by atoms with Gasteiger partial charge < -0.3 is 71.4 Å². The zero-order valence-corrected chi connectivity index (χ0v) is 59.5. The van der Waals surface area contributed by atoms with Crippen LogP contribution < -0.4 is 0 Å². The second-order valence-corrected chi connectivity index (χ2v) is 28.1. The number of rotatable bonds is 32. The van der Waals surface area contributed by atoms with Gasteiger partial charge in [-0.15, -0.1) is 6.58 Å². The highest BCUT2D eigenvalue weighted by Crippen LogP contribution is 2.42. The molecular formula is C83H93NO20. The first kappa shape index (κ1) is 76.5. The van der Waals surface area contributed by atoms with Crippen LogP contribution in [-0.4, -0.2) is 158 Å². The number of hydrogen-bond donors (Lipinski definition) is 1. The molecule has 4 heterocycles. The van der Waals surface area contributed by atoms with Gasteiger partial charge >= 0.3 is 17.9 Å². The molecular weight excluding hydrogens is 1330 g/mol. The van der Waals surface area contributed by atoms with Crippen LogP contribution >= 0.6 is 0 Å². The summed E-state index contributed by atoms with van der Waals surface area (Å²) in [5.74, 6) is -3.97. The molecule has 3 saturated heterocycles. The molecule has 0 bridgehead atoms. The number of carbonyl (C=O) groups excluding carboxylic acids is 5. The molecule has 104 heavy (non-hydrogen) atoms. The van der Waals surface area contributed by atoms with Gasteiger partial charge in [0.15, 0.2) is 37.2 Å². The molecule has 0 unspecified atom stereocenters. The van der Waals surface area contributed by atoms with Gasteiger partial charge in [0.05, 0.1) is 87.0 Å². The van der Waals surface area contributed by atoms with Crippen molar-refractivity contribution in [3.8, 4) is 0 Å². The maximum Gasteiger partial charge on any atom is 0.338 e. The van der Waals surface area contributed by atoms with Crippen LogP contribution in [0, 0.1) is 10.8 Å². The Morgan fingerprint density at radius 2 is 0.817 bits per heavy atom. The topological polar surface area (TPSA) is 238 Å². The maximum atomic E-state index is 15.3. The third-order valence-corrected chi connectivity index (χ3v) is 18.1. The molecule has 7 aromatic carbocycles. The van der Waals surface area contributed by atoms with Crippen molar-refractivity contribution in [3.05, 3.63) is 263 Å². The molecule has 0 aromatic heterocycles. The molecule has 15 atom stereocenters. The van der Waals surface area contributed by atoms with Crippen molar-refractivity contribution in [1.29, 1.82) is 0 Å². The fraction of sp³-hybridized carbons (Fsp3) is 0.410. The van der Waals surface area contributed by atoms with Gasteiger partial charge in [0.25, 0.3) is 11.8 Å². The van der Waals surface area contributed by atoms with Gasteiger partial charge in [-0.1, -0.05) is 188 Å². The lowest BCUT2D eigenvalue weighted by Crippen LogP contribution is -2.70. The van der Waals surface area contributed by atoms with Crippen molar-refractivity contribution in [2.24, 2.45) is 10.8 Å². The molecule has 4 aliphatic heterocycles.